The number of hydrogen-bond donors (Lipinski definition) is 3. The van der Waals surface area contributed by atoms with Crippen LogP contribution in [0, 0.1) is 11.7 Å². The Hall–Kier alpha value is -4.08. The molecule has 0 aliphatic carbocycles. The van der Waals surface area contributed by atoms with E-state index in [2.05, 4.69) is 15.6 Å². The third kappa shape index (κ3) is 9.01. The number of amides is 3. The Bertz CT molecular complexity index is 1210. The second kappa shape index (κ2) is 13.6. The van der Waals surface area contributed by atoms with Crippen molar-refractivity contribution in [3.63, 3.8) is 0 Å². The minimum atomic E-state index is -0.904. The summed E-state index contributed by atoms with van der Waals surface area (Å²) in [6.45, 7) is 5.51. The van der Waals surface area contributed by atoms with E-state index in [9.17, 15) is 23.6 Å². The lowest BCUT2D eigenvalue weighted by Gasteiger charge is -2.39. The SMILES string of the molecule is CC(=O)c1cc(N/C(=N/C(N)=O)NCCC[C@H]2C[C@H](Cc3ccc(F)cc3)CCN2C(C)=O)cc(C(C)=O)c1. The summed E-state index contributed by atoms with van der Waals surface area (Å²) in [5, 5.41) is 6.01. The third-order valence-corrected chi connectivity index (χ3v) is 6.90. The number of nitrogens with zero attached hydrogens (tertiary/aromatic N) is 2. The van der Waals surface area contributed by atoms with E-state index in [1.807, 2.05) is 17.0 Å². The largest absolute Gasteiger partial charge is 0.356 e. The van der Waals surface area contributed by atoms with Crippen molar-refractivity contribution in [2.45, 2.75) is 58.9 Å². The Kier molecular flexibility index (Phi) is 10.3. The molecular formula is C29H36FN5O4. The molecule has 39 heavy (non-hydrogen) atoms. The number of rotatable bonds is 9. The number of Topliss-reactive ketones (excluding diaryl/α,β-unsaturated/α-hetero) is 2. The fourth-order valence-electron chi connectivity index (χ4n) is 4.97. The topological polar surface area (TPSA) is 134 Å². The molecule has 2 aromatic carbocycles. The smallest absolute Gasteiger partial charge is 0.341 e. The molecule has 9 nitrogen and oxygen atoms in total. The number of anilines is 1. The second-order valence-electron chi connectivity index (χ2n) is 9.99. The van der Waals surface area contributed by atoms with E-state index in [0.717, 1.165) is 31.2 Å². The Morgan fingerprint density at radius 1 is 1.03 bits per heavy atom. The first-order chi connectivity index (χ1) is 18.5. The van der Waals surface area contributed by atoms with Crippen molar-refractivity contribution in [2.75, 3.05) is 18.4 Å². The van der Waals surface area contributed by atoms with Crippen LogP contribution in [0.1, 0.15) is 72.7 Å². The first-order valence-corrected chi connectivity index (χ1v) is 13.1. The summed E-state index contributed by atoms with van der Waals surface area (Å²) >= 11 is 0. The van der Waals surface area contributed by atoms with Crippen molar-refractivity contribution >= 4 is 35.2 Å². The fourth-order valence-corrected chi connectivity index (χ4v) is 4.97. The number of primary amides is 1. The molecule has 0 saturated carbocycles. The molecule has 1 saturated heterocycles. The van der Waals surface area contributed by atoms with Gasteiger partial charge in [0.2, 0.25) is 11.9 Å². The van der Waals surface area contributed by atoms with Gasteiger partial charge in [0.15, 0.2) is 11.6 Å². The number of carbonyl (C=O) groups is 4. The van der Waals surface area contributed by atoms with Crippen LogP contribution in [0.3, 0.4) is 0 Å². The van der Waals surface area contributed by atoms with Crippen molar-refractivity contribution in [1.82, 2.24) is 10.2 Å². The van der Waals surface area contributed by atoms with E-state index in [-0.39, 0.29) is 35.3 Å². The van der Waals surface area contributed by atoms with Gasteiger partial charge in [-0.25, -0.2) is 9.18 Å². The number of nitrogens with one attached hydrogen (secondary N) is 2. The van der Waals surface area contributed by atoms with Crippen molar-refractivity contribution in [1.29, 1.82) is 0 Å². The molecule has 1 aliphatic rings. The van der Waals surface area contributed by atoms with Gasteiger partial charge in [0.05, 0.1) is 0 Å². The molecule has 2 aromatic rings. The fraction of sp³-hybridized carbons (Fsp3) is 0.414. The van der Waals surface area contributed by atoms with Gasteiger partial charge in [-0.15, -0.1) is 0 Å². The van der Waals surface area contributed by atoms with Crippen LogP contribution in [0.4, 0.5) is 14.9 Å². The molecule has 0 unspecified atom stereocenters. The van der Waals surface area contributed by atoms with Crippen molar-refractivity contribution < 1.29 is 23.6 Å². The minimum absolute atomic E-state index is 0.0393. The maximum absolute atomic E-state index is 13.3. The molecule has 4 N–H and O–H groups in total. The summed E-state index contributed by atoms with van der Waals surface area (Å²) in [5.74, 6) is -0.140. The van der Waals surface area contributed by atoms with Crippen LogP contribution in [0.15, 0.2) is 47.5 Å². The molecule has 1 heterocycles. The third-order valence-electron chi connectivity index (χ3n) is 6.90. The zero-order chi connectivity index (χ0) is 28.5. The van der Waals surface area contributed by atoms with Crippen LogP contribution in [-0.2, 0) is 11.2 Å². The number of ketones is 2. The average molecular weight is 538 g/mol. The Morgan fingerprint density at radius 3 is 2.23 bits per heavy atom. The Morgan fingerprint density at radius 2 is 1.67 bits per heavy atom. The van der Waals surface area contributed by atoms with Crippen molar-refractivity contribution in [2.24, 2.45) is 16.6 Å². The number of nitrogens with two attached hydrogens (primary N) is 1. The lowest BCUT2D eigenvalue weighted by molar-refractivity contribution is -0.133. The molecule has 1 fully saturated rings. The molecule has 0 bridgehead atoms. The molecule has 1 aliphatic heterocycles. The van der Waals surface area contributed by atoms with Crippen LogP contribution in [0.2, 0.25) is 0 Å². The number of piperidine rings is 1. The lowest BCUT2D eigenvalue weighted by atomic mass is 9.84. The molecule has 208 valence electrons. The summed E-state index contributed by atoms with van der Waals surface area (Å²) in [5.41, 5.74) is 7.48. The summed E-state index contributed by atoms with van der Waals surface area (Å²) in [7, 11) is 0. The summed E-state index contributed by atoms with van der Waals surface area (Å²) in [6, 6.07) is 10.4. The van der Waals surface area contributed by atoms with Gasteiger partial charge in [-0.1, -0.05) is 12.1 Å². The van der Waals surface area contributed by atoms with Crippen LogP contribution in [0.5, 0.6) is 0 Å². The van der Waals surface area contributed by atoms with E-state index in [1.165, 1.54) is 32.0 Å². The zero-order valence-electron chi connectivity index (χ0n) is 22.6. The molecule has 3 amide bonds. The number of urea groups is 1. The number of hydrogen-bond acceptors (Lipinski definition) is 4. The van der Waals surface area contributed by atoms with Gasteiger partial charge < -0.3 is 21.3 Å². The van der Waals surface area contributed by atoms with Crippen molar-refractivity contribution in [3.8, 4) is 0 Å². The monoisotopic (exact) mass is 537 g/mol. The van der Waals surface area contributed by atoms with Gasteiger partial charge in [0, 0.05) is 42.9 Å². The predicted octanol–water partition coefficient (Wildman–Crippen LogP) is 4.32. The minimum Gasteiger partial charge on any atom is -0.356 e. The van der Waals surface area contributed by atoms with Gasteiger partial charge in [-0.05, 0) is 87.8 Å². The van der Waals surface area contributed by atoms with Gasteiger partial charge in [-0.2, -0.15) is 4.99 Å². The molecule has 10 heteroatoms. The zero-order valence-corrected chi connectivity index (χ0v) is 22.6. The highest BCUT2D eigenvalue weighted by molar-refractivity contribution is 6.04. The summed E-state index contributed by atoms with van der Waals surface area (Å²) in [4.78, 5) is 53.3. The Labute approximate surface area is 228 Å². The first kappa shape index (κ1) is 29.5. The highest BCUT2D eigenvalue weighted by Gasteiger charge is 2.29. The number of aliphatic imine (C=N–C) groups is 1. The normalized spacial score (nSPS) is 17.4. The number of carbonyl (C=O) groups excluding carboxylic acids is 4. The van der Waals surface area contributed by atoms with E-state index in [1.54, 1.807) is 19.1 Å². The number of halogens is 1. The molecule has 0 aromatic heterocycles. The van der Waals surface area contributed by atoms with E-state index >= 15 is 0 Å². The highest BCUT2D eigenvalue weighted by Crippen LogP contribution is 2.28. The Balaban J connectivity index is 1.62. The van der Waals surface area contributed by atoms with Gasteiger partial charge in [-0.3, -0.25) is 14.4 Å². The van der Waals surface area contributed by atoms with Gasteiger partial charge in [0.1, 0.15) is 5.82 Å². The molecule has 2 atom stereocenters. The first-order valence-electron chi connectivity index (χ1n) is 13.1. The molecule has 0 radical (unpaired) electrons. The predicted molar refractivity (Wildman–Crippen MR) is 148 cm³/mol. The standard InChI is InChI=1S/C29H36FN5O4/c1-18(36)23-15-24(19(2)37)17-26(16-23)33-29(34-28(31)39)32-11-4-5-27-14-22(10-12-35(27)20(3)38)13-21-6-8-25(30)9-7-21/h6-9,15-17,22,27H,4-5,10-14H2,1-3H3,(H4,31,32,33,34,39)/t22-,27-/m0/s1. The van der Waals surface area contributed by atoms with E-state index in [0.29, 0.717) is 42.2 Å². The average Bonchev–Trinajstić information content (AvgIpc) is 2.87. The van der Waals surface area contributed by atoms with Crippen LogP contribution >= 0.6 is 0 Å². The maximum Gasteiger partial charge on any atom is 0.341 e. The summed E-state index contributed by atoms with van der Waals surface area (Å²) < 4.78 is 13.3. The molecule has 0 spiro atoms. The highest BCUT2D eigenvalue weighted by atomic mass is 19.1. The van der Waals surface area contributed by atoms with Crippen LogP contribution in [-0.4, -0.2) is 53.5 Å². The quantitative estimate of drug-likeness (QED) is 0.189. The number of likely N-dealkylation sites (tertiary alicyclic amines) is 1. The van der Waals surface area contributed by atoms with E-state index < -0.39 is 6.03 Å². The molecule has 3 rings (SSSR count). The van der Waals surface area contributed by atoms with Crippen LogP contribution in [0.25, 0.3) is 0 Å². The lowest BCUT2D eigenvalue weighted by Crippen LogP contribution is -2.46. The number of guanidine groups is 1. The second-order valence-corrected chi connectivity index (χ2v) is 9.99. The van der Waals surface area contributed by atoms with Gasteiger partial charge in [0.25, 0.3) is 0 Å². The summed E-state index contributed by atoms with van der Waals surface area (Å²) in [6.07, 6.45) is 4.01. The van der Waals surface area contributed by atoms with E-state index in [4.69, 9.17) is 5.73 Å². The maximum atomic E-state index is 13.3. The number of benzene rings is 2. The van der Waals surface area contributed by atoms with Gasteiger partial charge >= 0.3 is 6.03 Å². The van der Waals surface area contributed by atoms with Crippen molar-refractivity contribution in [3.05, 3.63) is 65.0 Å². The molecular weight excluding hydrogens is 501 g/mol. The van der Waals surface area contributed by atoms with Crippen LogP contribution < -0.4 is 16.4 Å².